The molecule has 1 aliphatic carbocycles. The van der Waals surface area contributed by atoms with Crippen LogP contribution in [0.2, 0.25) is 0 Å². The molecule has 9 heteroatoms. The van der Waals surface area contributed by atoms with Gasteiger partial charge in [0.05, 0.1) is 18.2 Å². The summed E-state index contributed by atoms with van der Waals surface area (Å²) in [6.45, 7) is -0.0677. The van der Waals surface area contributed by atoms with Crippen LogP contribution >= 0.6 is 11.3 Å². The van der Waals surface area contributed by atoms with Crippen LogP contribution in [0.25, 0.3) is 10.9 Å². The normalized spacial score (nSPS) is 13.0. The first kappa shape index (κ1) is 21.0. The van der Waals surface area contributed by atoms with E-state index in [-0.39, 0.29) is 17.5 Å². The van der Waals surface area contributed by atoms with Gasteiger partial charge in [0, 0.05) is 22.7 Å². The zero-order valence-corrected chi connectivity index (χ0v) is 18.6. The number of rotatable bonds is 7. The first-order chi connectivity index (χ1) is 16.1. The highest BCUT2D eigenvalue weighted by molar-refractivity contribution is 7.13. The number of anilines is 1. The number of nitrogens with zero attached hydrogens (tertiary/aromatic N) is 3. The topological polar surface area (TPSA) is 103 Å². The maximum absolute atomic E-state index is 12.9. The van der Waals surface area contributed by atoms with Crippen molar-refractivity contribution in [1.82, 2.24) is 15.2 Å². The van der Waals surface area contributed by atoms with Gasteiger partial charge >= 0.3 is 5.97 Å². The van der Waals surface area contributed by atoms with Gasteiger partial charge in [-0.05, 0) is 49.2 Å². The lowest BCUT2D eigenvalue weighted by Gasteiger charge is -2.09. The predicted molar refractivity (Wildman–Crippen MR) is 124 cm³/mol. The molecule has 1 aliphatic rings. The predicted octanol–water partition coefficient (Wildman–Crippen LogP) is 4.58. The van der Waals surface area contributed by atoms with Gasteiger partial charge < -0.3 is 14.8 Å². The number of fused-ring (bicyclic) bond motifs is 1. The molecule has 1 saturated carbocycles. The van der Waals surface area contributed by atoms with E-state index >= 15 is 0 Å². The maximum atomic E-state index is 12.9. The van der Waals surface area contributed by atoms with Crippen molar-refractivity contribution in [2.45, 2.75) is 25.4 Å². The first-order valence-corrected chi connectivity index (χ1v) is 11.3. The van der Waals surface area contributed by atoms with Gasteiger partial charge in [0.25, 0.3) is 5.91 Å². The Morgan fingerprint density at radius 2 is 1.88 bits per heavy atom. The minimum atomic E-state index is -0.449. The lowest BCUT2D eigenvalue weighted by atomic mass is 10.1. The van der Waals surface area contributed by atoms with Gasteiger partial charge in [-0.2, -0.15) is 0 Å². The van der Waals surface area contributed by atoms with E-state index in [2.05, 4.69) is 20.5 Å². The van der Waals surface area contributed by atoms with Crippen LogP contribution in [0, 0.1) is 0 Å². The van der Waals surface area contributed by atoms with Gasteiger partial charge in [-0.25, -0.2) is 4.79 Å². The molecule has 0 radical (unpaired) electrons. The molecule has 2 aromatic heterocycles. The lowest BCUT2D eigenvalue weighted by molar-refractivity contribution is 0.0473. The van der Waals surface area contributed by atoms with E-state index in [0.29, 0.717) is 27.9 Å². The van der Waals surface area contributed by atoms with Gasteiger partial charge in [0.2, 0.25) is 5.01 Å². The summed E-state index contributed by atoms with van der Waals surface area (Å²) in [5, 5.41) is 12.0. The van der Waals surface area contributed by atoms with E-state index in [0.717, 1.165) is 40.8 Å². The number of carbonyl (C=O) groups excluding carboxylic acids is 2. The van der Waals surface area contributed by atoms with E-state index in [4.69, 9.17) is 9.47 Å². The van der Waals surface area contributed by atoms with Crippen LogP contribution in [0.1, 0.15) is 49.6 Å². The standard InChI is InChI=1S/C24H20N4O4S/c1-31-16-10-8-15(9-11-16)25-22(29)23-28-27-21(33-23)13-32-24(30)18-12-20(14-6-7-14)26-19-5-3-2-4-17(18)19/h2-5,8-12,14H,6-7,13H2,1H3,(H,25,29). The number of hydrogen-bond donors (Lipinski definition) is 1. The van der Waals surface area contributed by atoms with Crippen molar-refractivity contribution >= 4 is 39.8 Å². The molecule has 0 saturated heterocycles. The van der Waals surface area contributed by atoms with Gasteiger partial charge in [-0.3, -0.25) is 9.78 Å². The molecule has 0 unspecified atom stereocenters. The van der Waals surface area contributed by atoms with Crippen molar-refractivity contribution < 1.29 is 19.1 Å². The van der Waals surface area contributed by atoms with Crippen molar-refractivity contribution in [3.05, 3.63) is 75.9 Å². The fraction of sp³-hybridized carbons (Fsp3) is 0.208. The number of pyridine rings is 1. The van der Waals surface area contributed by atoms with Crippen LogP contribution in [-0.2, 0) is 11.3 Å². The number of hydrogen-bond acceptors (Lipinski definition) is 8. The van der Waals surface area contributed by atoms with E-state index in [1.807, 2.05) is 30.3 Å². The molecule has 8 nitrogen and oxygen atoms in total. The number of esters is 1. The molecule has 0 atom stereocenters. The summed E-state index contributed by atoms with van der Waals surface area (Å²) in [7, 11) is 1.58. The second-order valence-corrected chi connectivity index (χ2v) is 8.71. The zero-order valence-electron chi connectivity index (χ0n) is 17.8. The number of aromatic nitrogens is 3. The minimum Gasteiger partial charge on any atom is -0.497 e. The third-order valence-electron chi connectivity index (χ3n) is 5.29. The van der Waals surface area contributed by atoms with Gasteiger partial charge in [-0.15, -0.1) is 10.2 Å². The molecule has 1 fully saturated rings. The van der Waals surface area contributed by atoms with E-state index < -0.39 is 5.97 Å². The number of methoxy groups -OCH3 is 1. The third kappa shape index (κ3) is 4.68. The zero-order chi connectivity index (χ0) is 22.8. The molecule has 0 bridgehead atoms. The average Bonchev–Trinajstić information content (AvgIpc) is 3.59. The van der Waals surface area contributed by atoms with E-state index in [9.17, 15) is 9.59 Å². The Morgan fingerprint density at radius 1 is 1.09 bits per heavy atom. The molecule has 0 aliphatic heterocycles. The van der Waals surface area contributed by atoms with Gasteiger partial charge in [0.15, 0.2) is 5.01 Å². The summed E-state index contributed by atoms with van der Waals surface area (Å²) in [6.07, 6.45) is 2.18. The molecular formula is C24H20N4O4S. The van der Waals surface area contributed by atoms with Crippen LogP contribution in [0.3, 0.4) is 0 Å². The highest BCUT2D eigenvalue weighted by Crippen LogP contribution is 2.40. The van der Waals surface area contributed by atoms with Crippen LogP contribution < -0.4 is 10.1 Å². The van der Waals surface area contributed by atoms with Gasteiger partial charge in [-0.1, -0.05) is 29.5 Å². The summed E-state index contributed by atoms with van der Waals surface area (Å²) in [5.41, 5.74) is 2.81. The molecular weight excluding hydrogens is 440 g/mol. The summed E-state index contributed by atoms with van der Waals surface area (Å²) in [6, 6.07) is 16.3. The Labute approximate surface area is 193 Å². The molecule has 2 heterocycles. The molecule has 0 spiro atoms. The summed E-state index contributed by atoms with van der Waals surface area (Å²) < 4.78 is 10.6. The number of para-hydroxylation sites is 1. The van der Waals surface area contributed by atoms with Crippen molar-refractivity contribution in [1.29, 1.82) is 0 Å². The monoisotopic (exact) mass is 460 g/mol. The Balaban J connectivity index is 1.26. The molecule has 1 amide bonds. The second-order valence-electron chi connectivity index (χ2n) is 7.65. The van der Waals surface area contributed by atoms with Crippen molar-refractivity contribution in [2.24, 2.45) is 0 Å². The lowest BCUT2D eigenvalue weighted by Crippen LogP contribution is -2.11. The quantitative estimate of drug-likeness (QED) is 0.403. The maximum Gasteiger partial charge on any atom is 0.339 e. The van der Waals surface area contributed by atoms with E-state index in [1.54, 1.807) is 31.4 Å². The first-order valence-electron chi connectivity index (χ1n) is 10.5. The number of benzene rings is 2. The fourth-order valence-electron chi connectivity index (χ4n) is 3.42. The minimum absolute atomic E-state index is 0.0677. The molecule has 4 aromatic rings. The highest BCUT2D eigenvalue weighted by Gasteiger charge is 2.27. The molecule has 5 rings (SSSR count). The fourth-order valence-corrected chi connectivity index (χ4v) is 4.07. The molecule has 33 heavy (non-hydrogen) atoms. The Kier molecular flexibility index (Phi) is 5.70. The molecule has 2 aromatic carbocycles. The van der Waals surface area contributed by atoms with Crippen molar-refractivity contribution in [3.63, 3.8) is 0 Å². The molecule has 166 valence electrons. The SMILES string of the molecule is COc1ccc(NC(=O)c2nnc(COC(=O)c3cc(C4CC4)nc4ccccc34)s2)cc1. The van der Waals surface area contributed by atoms with Crippen LogP contribution in [0.4, 0.5) is 5.69 Å². The Morgan fingerprint density at radius 3 is 2.64 bits per heavy atom. The summed E-state index contributed by atoms with van der Waals surface area (Å²) >= 11 is 1.08. The van der Waals surface area contributed by atoms with Crippen LogP contribution in [0.5, 0.6) is 5.75 Å². The van der Waals surface area contributed by atoms with E-state index in [1.165, 1.54) is 0 Å². The van der Waals surface area contributed by atoms with Gasteiger partial charge in [0.1, 0.15) is 12.4 Å². The smallest absolute Gasteiger partial charge is 0.339 e. The highest BCUT2D eigenvalue weighted by atomic mass is 32.1. The Hall–Kier alpha value is -3.85. The number of nitrogens with one attached hydrogen (secondary N) is 1. The number of ether oxygens (including phenoxy) is 2. The average molecular weight is 461 g/mol. The third-order valence-corrected chi connectivity index (χ3v) is 6.18. The summed E-state index contributed by atoms with van der Waals surface area (Å²) in [4.78, 5) is 30.0. The van der Waals surface area contributed by atoms with Crippen LogP contribution in [-0.4, -0.2) is 34.2 Å². The Bertz CT molecular complexity index is 1330. The van der Waals surface area contributed by atoms with Crippen molar-refractivity contribution in [3.8, 4) is 5.75 Å². The summed E-state index contributed by atoms with van der Waals surface area (Å²) in [5.74, 6) is 0.273. The number of amides is 1. The number of carbonyl (C=O) groups is 2. The van der Waals surface area contributed by atoms with Crippen molar-refractivity contribution in [2.75, 3.05) is 12.4 Å². The van der Waals surface area contributed by atoms with Crippen LogP contribution in [0.15, 0.2) is 54.6 Å². The second kappa shape index (κ2) is 8.95. The largest absolute Gasteiger partial charge is 0.497 e. The molecule has 1 N–H and O–H groups in total.